The molecule has 1 heterocycles. The number of aliphatic hydroxyl groups excluding tert-OH is 2. The predicted molar refractivity (Wildman–Crippen MR) is 245 cm³/mol. The number of hydrogen-bond acceptors (Lipinski definition) is 15. The molecule has 2 aromatic rings. The van der Waals surface area contributed by atoms with E-state index in [2.05, 4.69) is 57.9 Å². The third-order valence-electron chi connectivity index (χ3n) is 10.1. The zero-order chi connectivity index (χ0) is 52.8. The first-order valence-electron chi connectivity index (χ1n) is 21.3. The summed E-state index contributed by atoms with van der Waals surface area (Å²) >= 11 is 2.59. The number of benzene rings is 1. The second-order valence-electron chi connectivity index (χ2n) is 15.7. The summed E-state index contributed by atoms with van der Waals surface area (Å²) in [7, 11) is 0. The van der Waals surface area contributed by atoms with Gasteiger partial charge >= 0.3 is 331 Å². The van der Waals surface area contributed by atoms with Gasteiger partial charge in [0.2, 0.25) is 11.8 Å². The van der Waals surface area contributed by atoms with Gasteiger partial charge in [-0.15, -0.1) is 0 Å². The number of aliphatic hydroxyl groups is 2. The minimum atomic E-state index is -1.98. The third kappa shape index (κ3) is 19.7. The second kappa shape index (κ2) is 28.8. The van der Waals surface area contributed by atoms with E-state index in [9.17, 15) is 68.1 Å². The molecule has 0 bridgehead atoms. The Balaban J connectivity index is 2.43. The molecule has 1 aromatic heterocycles. The SMILES string of the molecule is C[C@@H](O)[C@H](NC(=O)[C@H](CO)NC(=O)[C@@H](N)CCC(N)=O)C(=O)N[C@@H](CCCN=C(N)N)C(=O)N[C@@H](C[Se])C(=O)N[C@@H](Cc1c[nH]c2ccccc12)C(=O)N[C@@H](CC(N)=O)C(=O)N[C@@H](CC(=O)O)C(=O)O. The molecular formula is C40H59N14O15Se. The number of carbonyl (C=O) groups excluding carboxylic acids is 9. The average molecular weight is 1050 g/mol. The Morgan fingerprint density at radius 1 is 0.671 bits per heavy atom. The summed E-state index contributed by atoms with van der Waals surface area (Å²) in [6.45, 7) is 0.0475. The molecule has 0 aliphatic heterocycles. The number of carbonyl (C=O) groups is 11. The number of hydrogen-bond donors (Lipinski definition) is 17. The van der Waals surface area contributed by atoms with Gasteiger partial charge in [-0.25, -0.2) is 4.79 Å². The smallest absolute Gasteiger partial charge is 0.481 e. The van der Waals surface area contributed by atoms with Crippen LogP contribution in [0.3, 0.4) is 0 Å². The molecule has 30 heteroatoms. The number of para-hydroxylation sites is 1. The number of aromatic amines is 1. The van der Waals surface area contributed by atoms with E-state index in [0.29, 0.717) is 16.5 Å². The molecule has 0 fully saturated rings. The van der Waals surface area contributed by atoms with Crippen LogP contribution in [0.4, 0.5) is 0 Å². The number of nitrogens with one attached hydrogen (secondary N) is 8. The van der Waals surface area contributed by atoms with Crippen LogP contribution in [0.5, 0.6) is 0 Å². The number of rotatable bonds is 31. The van der Waals surface area contributed by atoms with E-state index in [-0.39, 0.29) is 49.9 Å². The number of carboxylic acids is 2. The standard InChI is InChI=1S/C40H59N14O15Se/c1-17(56)31(54-36(65)26(15-55)52-32(61)20(41)8-9-28(42)57)38(67)48-22(7-4-10-46-40(44)45)33(62)53-27(16-70)37(66)49-23(11-18-14-47-21-6-3-2-5-19(18)21)34(63)50-24(12-29(43)58)35(64)51-25(39(68)69)13-30(59)60/h2-3,5-6,14,17,20,22-27,31,47,55-56H,4,7-13,15-16,41H2,1H3,(H2,42,57)(H2,43,58)(H,48,67)(H,49,66)(H,50,63)(H,51,64)(H,52,61)(H,53,62)(H,54,65)(H,59,60)(H,68,69)(H4,44,45,46)/t17-,20+,22+,23+,24+,25+,26+,27+,31+/m1/s1. The van der Waals surface area contributed by atoms with Crippen molar-refractivity contribution < 1.29 is 73.2 Å². The number of guanidine groups is 1. The van der Waals surface area contributed by atoms with E-state index in [1.54, 1.807) is 24.3 Å². The Morgan fingerprint density at radius 3 is 1.79 bits per heavy atom. The van der Waals surface area contributed by atoms with Crippen LogP contribution >= 0.6 is 0 Å². The van der Waals surface area contributed by atoms with Crippen molar-refractivity contribution in [2.24, 2.45) is 33.7 Å². The number of carboxylic acid groups (broad SMARTS) is 2. The van der Waals surface area contributed by atoms with Crippen LogP contribution in [0.1, 0.15) is 51.0 Å². The number of nitrogens with zero attached hydrogens (tertiary/aromatic N) is 1. The molecule has 0 saturated carbocycles. The Kier molecular flexibility index (Phi) is 24.2. The monoisotopic (exact) mass is 1060 g/mol. The van der Waals surface area contributed by atoms with Gasteiger partial charge in [-0.05, 0) is 6.42 Å². The van der Waals surface area contributed by atoms with Crippen molar-refractivity contribution >= 4 is 98.0 Å². The summed E-state index contributed by atoms with van der Waals surface area (Å²) in [5.74, 6) is -13.2. The predicted octanol–water partition coefficient (Wildman–Crippen LogP) is -7.86. The zero-order valence-electron chi connectivity index (χ0n) is 37.7. The summed E-state index contributed by atoms with van der Waals surface area (Å²) in [5, 5.41) is 55.2. The maximum absolute atomic E-state index is 14.0. The summed E-state index contributed by atoms with van der Waals surface area (Å²) in [5.41, 5.74) is 28.1. The Hall–Kier alpha value is -7.40. The molecule has 9 atom stereocenters. The van der Waals surface area contributed by atoms with Gasteiger partial charge in [-0.2, -0.15) is 0 Å². The van der Waals surface area contributed by atoms with Gasteiger partial charge in [0, 0.05) is 6.42 Å². The fourth-order valence-corrected chi connectivity index (χ4v) is 6.87. The van der Waals surface area contributed by atoms with Gasteiger partial charge in [0.25, 0.3) is 0 Å². The Bertz CT molecular complexity index is 2260. The van der Waals surface area contributed by atoms with Crippen LogP contribution < -0.4 is 65.9 Å². The third-order valence-corrected chi connectivity index (χ3v) is 10.8. The minimum Gasteiger partial charge on any atom is -0.481 e. The summed E-state index contributed by atoms with van der Waals surface area (Å²) in [4.78, 5) is 147. The number of aliphatic carboxylic acids is 2. The van der Waals surface area contributed by atoms with E-state index >= 15 is 0 Å². The zero-order valence-corrected chi connectivity index (χ0v) is 39.4. The van der Waals surface area contributed by atoms with Gasteiger partial charge in [0.05, 0.1) is 6.04 Å². The molecule has 0 aliphatic carbocycles. The molecular weight excluding hydrogens is 995 g/mol. The number of fused-ring (bicyclic) bond motifs is 1. The topological polar surface area (TPSA) is 511 Å². The number of amides is 9. The summed E-state index contributed by atoms with van der Waals surface area (Å²) in [6, 6.07) is -6.54. The maximum atomic E-state index is 14.0. The minimum absolute atomic E-state index is 0.0299. The van der Waals surface area contributed by atoms with Gasteiger partial charge in [0.1, 0.15) is 0 Å². The van der Waals surface area contributed by atoms with Crippen molar-refractivity contribution in [1.29, 1.82) is 0 Å². The van der Waals surface area contributed by atoms with Crippen molar-refractivity contribution in [3.63, 3.8) is 0 Å². The molecule has 1 radical (unpaired) electrons. The molecule has 0 spiro atoms. The van der Waals surface area contributed by atoms with Crippen LogP contribution in [0, 0.1) is 0 Å². The normalized spacial score (nSPS) is 14.8. The van der Waals surface area contributed by atoms with Gasteiger partial charge in [-0.3, -0.25) is 14.4 Å². The van der Waals surface area contributed by atoms with E-state index in [0.717, 1.165) is 6.92 Å². The van der Waals surface area contributed by atoms with Gasteiger partial charge in [0.15, 0.2) is 0 Å². The average Bonchev–Trinajstić information content (AvgIpc) is 3.69. The quantitative estimate of drug-likeness (QED) is 0.0144. The molecule has 22 N–H and O–H groups in total. The molecule has 70 heavy (non-hydrogen) atoms. The van der Waals surface area contributed by atoms with Crippen molar-refractivity contribution in [3.05, 3.63) is 36.0 Å². The Morgan fingerprint density at radius 2 is 1.21 bits per heavy atom. The number of aromatic nitrogens is 1. The summed E-state index contributed by atoms with van der Waals surface area (Å²) in [6.07, 6.45) is -3.04. The molecule has 385 valence electrons. The molecule has 2 rings (SSSR count). The van der Waals surface area contributed by atoms with Crippen molar-refractivity contribution in [2.75, 3.05) is 13.2 Å². The van der Waals surface area contributed by atoms with E-state index in [1.807, 2.05) is 5.32 Å². The van der Waals surface area contributed by atoms with Crippen molar-refractivity contribution in [2.45, 2.75) is 112 Å². The molecule has 0 aliphatic rings. The van der Waals surface area contributed by atoms with Crippen LogP contribution in [-0.4, -0.2) is 180 Å². The van der Waals surface area contributed by atoms with Crippen LogP contribution in [0.25, 0.3) is 10.9 Å². The fraction of sp³-hybridized carbons (Fsp3) is 0.500. The number of nitrogens with two attached hydrogens (primary N) is 5. The van der Waals surface area contributed by atoms with E-state index in [4.69, 9.17) is 33.8 Å². The van der Waals surface area contributed by atoms with Crippen molar-refractivity contribution in [3.8, 4) is 0 Å². The van der Waals surface area contributed by atoms with Gasteiger partial charge in [-0.1, -0.05) is 0 Å². The second-order valence-corrected chi connectivity index (χ2v) is 16.4. The number of H-pyrrole nitrogens is 1. The first kappa shape index (κ1) is 58.7. The Labute approximate surface area is 406 Å². The number of aliphatic imine (C=N–C) groups is 1. The molecule has 29 nitrogen and oxygen atoms in total. The molecule has 0 saturated heterocycles. The molecule has 0 unspecified atom stereocenters. The van der Waals surface area contributed by atoms with Crippen LogP contribution in [-0.2, 0) is 59.2 Å². The van der Waals surface area contributed by atoms with E-state index in [1.165, 1.54) is 6.20 Å². The van der Waals surface area contributed by atoms with Crippen molar-refractivity contribution in [1.82, 2.24) is 42.2 Å². The van der Waals surface area contributed by atoms with E-state index < -0.39 is 139 Å². The first-order valence-corrected chi connectivity index (χ1v) is 22.5. The fourth-order valence-electron chi connectivity index (χ4n) is 6.38. The van der Waals surface area contributed by atoms with Gasteiger partial charge < -0.3 is 26.8 Å². The van der Waals surface area contributed by atoms with Crippen LogP contribution in [0.15, 0.2) is 35.5 Å². The molecule has 9 amide bonds. The molecule has 1 aromatic carbocycles. The summed E-state index contributed by atoms with van der Waals surface area (Å²) < 4.78 is 0. The van der Waals surface area contributed by atoms with Crippen LogP contribution in [0.2, 0.25) is 5.32 Å². The first-order chi connectivity index (χ1) is 32.9. The number of primary amides is 2.